The average molecular weight is 334 g/mol. The second-order valence-corrected chi connectivity index (χ2v) is 8.71. The molecule has 0 bridgehead atoms. The molecule has 0 saturated carbocycles. The van der Waals surface area contributed by atoms with Crippen molar-refractivity contribution in [1.29, 1.82) is 0 Å². The number of sulfonamides is 1. The number of carbonyl (C=O) groups is 1. The lowest BCUT2D eigenvalue weighted by Gasteiger charge is -2.22. The van der Waals surface area contributed by atoms with Crippen molar-refractivity contribution in [1.82, 2.24) is 4.31 Å². The number of fused-ring (bicyclic) bond motifs is 2. The topological polar surface area (TPSA) is 66.5 Å². The van der Waals surface area contributed by atoms with Crippen LogP contribution in [-0.4, -0.2) is 31.7 Å². The Kier molecular flexibility index (Phi) is 2.94. The molecule has 1 unspecified atom stereocenters. The SMILES string of the molecule is O=C1Nc2ccccc2C12CCN(S(=O)(=O)c1cccs1)C2. The van der Waals surface area contributed by atoms with Gasteiger partial charge in [-0.3, -0.25) is 4.79 Å². The van der Waals surface area contributed by atoms with Gasteiger partial charge in [0.15, 0.2) is 0 Å². The monoisotopic (exact) mass is 334 g/mol. The van der Waals surface area contributed by atoms with Crippen LogP contribution in [-0.2, 0) is 20.2 Å². The van der Waals surface area contributed by atoms with Crippen molar-refractivity contribution >= 4 is 33.0 Å². The van der Waals surface area contributed by atoms with Gasteiger partial charge in [-0.15, -0.1) is 11.3 Å². The number of rotatable bonds is 2. The maximum absolute atomic E-state index is 12.7. The normalized spacial score (nSPS) is 24.6. The zero-order valence-electron chi connectivity index (χ0n) is 11.7. The fourth-order valence-corrected chi connectivity index (χ4v) is 5.94. The highest BCUT2D eigenvalue weighted by atomic mass is 32.2. The Morgan fingerprint density at radius 3 is 2.77 bits per heavy atom. The van der Waals surface area contributed by atoms with Crippen LogP contribution in [0.5, 0.6) is 0 Å². The van der Waals surface area contributed by atoms with Gasteiger partial charge in [0, 0.05) is 18.8 Å². The van der Waals surface area contributed by atoms with E-state index in [-0.39, 0.29) is 12.5 Å². The number of nitrogens with zero attached hydrogens (tertiary/aromatic N) is 1. The van der Waals surface area contributed by atoms with Crippen molar-refractivity contribution in [2.24, 2.45) is 0 Å². The molecule has 0 aliphatic carbocycles. The lowest BCUT2D eigenvalue weighted by Crippen LogP contribution is -2.39. The lowest BCUT2D eigenvalue weighted by atomic mass is 9.81. The average Bonchev–Trinajstić information content (AvgIpc) is 3.23. The number of amides is 1. The molecule has 7 heteroatoms. The van der Waals surface area contributed by atoms with Crippen molar-refractivity contribution < 1.29 is 13.2 Å². The minimum absolute atomic E-state index is 0.0995. The minimum Gasteiger partial charge on any atom is -0.325 e. The van der Waals surface area contributed by atoms with Crippen molar-refractivity contribution in [3.63, 3.8) is 0 Å². The molecule has 2 aliphatic heterocycles. The number of carbonyl (C=O) groups excluding carboxylic acids is 1. The zero-order chi connectivity index (χ0) is 15.4. The first-order valence-corrected chi connectivity index (χ1v) is 9.31. The molecule has 22 heavy (non-hydrogen) atoms. The van der Waals surface area contributed by atoms with Crippen LogP contribution in [0.1, 0.15) is 12.0 Å². The number of anilines is 1. The maximum Gasteiger partial charge on any atom is 0.252 e. The first-order valence-electron chi connectivity index (χ1n) is 6.99. The van der Waals surface area contributed by atoms with E-state index in [1.165, 1.54) is 15.6 Å². The third-order valence-corrected chi connectivity index (χ3v) is 7.67. The number of thiophene rings is 1. The Hall–Kier alpha value is -1.70. The van der Waals surface area contributed by atoms with E-state index < -0.39 is 15.4 Å². The molecule has 1 atom stereocenters. The molecule has 1 N–H and O–H groups in total. The van der Waals surface area contributed by atoms with Gasteiger partial charge in [0.05, 0.1) is 5.41 Å². The van der Waals surface area contributed by atoms with Gasteiger partial charge in [-0.1, -0.05) is 24.3 Å². The van der Waals surface area contributed by atoms with Gasteiger partial charge in [-0.25, -0.2) is 8.42 Å². The maximum atomic E-state index is 12.7. The number of hydrogen-bond donors (Lipinski definition) is 1. The van der Waals surface area contributed by atoms with Crippen LogP contribution >= 0.6 is 11.3 Å². The van der Waals surface area contributed by atoms with Crippen molar-refractivity contribution in [3.05, 3.63) is 47.3 Å². The van der Waals surface area contributed by atoms with Crippen LogP contribution in [0.25, 0.3) is 0 Å². The summed E-state index contributed by atoms with van der Waals surface area (Å²) in [5.74, 6) is -0.0995. The molecule has 114 valence electrons. The quantitative estimate of drug-likeness (QED) is 0.914. The third kappa shape index (κ3) is 1.79. The highest BCUT2D eigenvalue weighted by Crippen LogP contribution is 2.45. The molecule has 1 amide bonds. The highest BCUT2D eigenvalue weighted by molar-refractivity contribution is 7.91. The van der Waals surface area contributed by atoms with Crippen LogP contribution < -0.4 is 5.32 Å². The first-order chi connectivity index (χ1) is 10.5. The van der Waals surface area contributed by atoms with E-state index in [1.807, 2.05) is 24.3 Å². The van der Waals surface area contributed by atoms with E-state index in [2.05, 4.69) is 5.32 Å². The summed E-state index contributed by atoms with van der Waals surface area (Å²) in [5, 5.41) is 4.63. The second-order valence-electron chi connectivity index (χ2n) is 5.60. The molecule has 4 rings (SSSR count). The standard InChI is InChI=1S/C15H14N2O3S2/c18-14-15(11-4-1-2-5-12(11)16-14)7-8-17(10-15)22(19,20)13-6-3-9-21-13/h1-6,9H,7-8,10H2,(H,16,18). The highest BCUT2D eigenvalue weighted by Gasteiger charge is 2.53. The van der Waals surface area contributed by atoms with Gasteiger partial charge in [-0.05, 0) is 29.5 Å². The molecule has 2 aliphatic rings. The summed E-state index contributed by atoms with van der Waals surface area (Å²) in [6.07, 6.45) is 0.514. The molecule has 1 spiro atoms. The summed E-state index contributed by atoms with van der Waals surface area (Å²) < 4.78 is 27.1. The molecule has 1 fully saturated rings. The van der Waals surface area contributed by atoms with Gasteiger partial charge in [0.25, 0.3) is 10.0 Å². The van der Waals surface area contributed by atoms with Gasteiger partial charge < -0.3 is 5.32 Å². The summed E-state index contributed by atoms with van der Waals surface area (Å²) >= 11 is 1.20. The number of nitrogens with one attached hydrogen (secondary N) is 1. The van der Waals surface area contributed by atoms with Crippen molar-refractivity contribution in [2.45, 2.75) is 16.0 Å². The van der Waals surface area contributed by atoms with Crippen molar-refractivity contribution in [3.8, 4) is 0 Å². The van der Waals surface area contributed by atoms with Crippen LogP contribution in [0.15, 0.2) is 46.0 Å². The van der Waals surface area contributed by atoms with Gasteiger partial charge in [0.1, 0.15) is 4.21 Å². The largest absolute Gasteiger partial charge is 0.325 e. The summed E-state index contributed by atoms with van der Waals surface area (Å²) in [6.45, 7) is 0.568. The molecule has 3 heterocycles. The molecular weight excluding hydrogens is 320 g/mol. The fourth-order valence-electron chi connectivity index (χ4n) is 3.30. The predicted molar refractivity (Wildman–Crippen MR) is 84.4 cm³/mol. The Morgan fingerprint density at radius 1 is 1.18 bits per heavy atom. The van der Waals surface area contributed by atoms with Gasteiger partial charge in [0.2, 0.25) is 5.91 Å². The Morgan fingerprint density at radius 2 is 2.00 bits per heavy atom. The number of para-hydroxylation sites is 1. The van der Waals surface area contributed by atoms with E-state index in [9.17, 15) is 13.2 Å². The Bertz CT molecular complexity index is 845. The third-order valence-electron chi connectivity index (χ3n) is 4.45. The van der Waals surface area contributed by atoms with Crippen LogP contribution in [0.4, 0.5) is 5.69 Å². The van der Waals surface area contributed by atoms with E-state index >= 15 is 0 Å². The summed E-state index contributed by atoms with van der Waals surface area (Å²) in [6, 6.07) is 10.9. The Labute approximate surface area is 132 Å². The van der Waals surface area contributed by atoms with E-state index in [0.717, 1.165) is 11.3 Å². The second kappa shape index (κ2) is 4.65. The summed E-state index contributed by atoms with van der Waals surface area (Å²) in [5.41, 5.74) is 0.952. The molecule has 2 aromatic rings. The van der Waals surface area contributed by atoms with Crippen LogP contribution in [0, 0.1) is 0 Å². The predicted octanol–water partition coefficient (Wildman–Crippen LogP) is 2.03. The number of benzene rings is 1. The molecule has 1 aromatic carbocycles. The molecule has 0 radical (unpaired) electrons. The van der Waals surface area contributed by atoms with Gasteiger partial charge >= 0.3 is 0 Å². The fraction of sp³-hybridized carbons (Fsp3) is 0.267. The lowest BCUT2D eigenvalue weighted by molar-refractivity contribution is -0.120. The van der Waals surface area contributed by atoms with E-state index in [1.54, 1.807) is 17.5 Å². The molecule has 1 aromatic heterocycles. The van der Waals surface area contributed by atoms with E-state index in [4.69, 9.17) is 0 Å². The summed E-state index contributed by atoms with van der Waals surface area (Å²) in [4.78, 5) is 12.5. The van der Waals surface area contributed by atoms with Crippen LogP contribution in [0.2, 0.25) is 0 Å². The Balaban J connectivity index is 1.73. The first kappa shape index (κ1) is 13.9. The zero-order valence-corrected chi connectivity index (χ0v) is 13.3. The van der Waals surface area contributed by atoms with E-state index in [0.29, 0.717) is 17.2 Å². The summed E-state index contributed by atoms with van der Waals surface area (Å²) in [7, 11) is -3.51. The molecule has 5 nitrogen and oxygen atoms in total. The van der Waals surface area contributed by atoms with Gasteiger partial charge in [-0.2, -0.15) is 4.31 Å². The molecule has 1 saturated heterocycles. The number of hydrogen-bond acceptors (Lipinski definition) is 4. The minimum atomic E-state index is -3.51. The van der Waals surface area contributed by atoms with Crippen LogP contribution in [0.3, 0.4) is 0 Å². The molecular formula is C15H14N2O3S2. The smallest absolute Gasteiger partial charge is 0.252 e. The van der Waals surface area contributed by atoms with Crippen molar-refractivity contribution in [2.75, 3.05) is 18.4 Å².